The van der Waals surface area contributed by atoms with Crippen molar-refractivity contribution in [3.63, 3.8) is 0 Å². The van der Waals surface area contributed by atoms with E-state index in [0.717, 1.165) is 12.0 Å². The average molecular weight is 428 g/mol. The lowest BCUT2D eigenvalue weighted by Crippen LogP contribution is -2.27. The Morgan fingerprint density at radius 3 is 2.69 bits per heavy atom. The van der Waals surface area contributed by atoms with Crippen molar-refractivity contribution < 1.29 is 19.4 Å². The Kier molecular flexibility index (Phi) is 6.39. The number of thiocarbonyl (C=S) groups is 1. The third kappa shape index (κ3) is 4.36. The van der Waals surface area contributed by atoms with E-state index in [0.29, 0.717) is 38.2 Å². The van der Waals surface area contributed by atoms with Crippen LogP contribution in [-0.2, 0) is 17.8 Å². The van der Waals surface area contributed by atoms with E-state index in [1.165, 1.54) is 23.6 Å². The first kappa shape index (κ1) is 21.1. The molecule has 1 fully saturated rings. The van der Waals surface area contributed by atoms with Gasteiger partial charge in [-0.1, -0.05) is 56.0 Å². The van der Waals surface area contributed by atoms with E-state index in [4.69, 9.17) is 17.0 Å². The molecule has 0 spiro atoms. The number of thioether (sulfide) groups is 1. The molecular weight excluding hydrogens is 406 g/mol. The molecule has 3 rings (SSSR count). The molecule has 1 amide bonds. The molecule has 1 saturated heterocycles. The van der Waals surface area contributed by atoms with Crippen LogP contribution in [-0.4, -0.2) is 21.1 Å². The summed E-state index contributed by atoms with van der Waals surface area (Å²) in [4.78, 5) is 25.8. The van der Waals surface area contributed by atoms with Crippen molar-refractivity contribution in [1.82, 2.24) is 0 Å². The summed E-state index contributed by atoms with van der Waals surface area (Å²) in [7, 11) is 0. The molecule has 5 nitrogen and oxygen atoms in total. The zero-order chi connectivity index (χ0) is 21.1. The van der Waals surface area contributed by atoms with Gasteiger partial charge in [-0.15, -0.1) is 0 Å². The van der Waals surface area contributed by atoms with Crippen LogP contribution in [0.5, 0.6) is 11.5 Å². The molecule has 1 aliphatic rings. The lowest BCUT2D eigenvalue weighted by molar-refractivity contribution is -0.113. The topological polar surface area (TPSA) is 66.8 Å². The number of Topliss-reactive ketones (excluding diaryl/α,β-unsaturated/α-hetero) is 1. The van der Waals surface area contributed by atoms with Crippen LogP contribution in [0.1, 0.15) is 41.8 Å². The fourth-order valence-electron chi connectivity index (χ4n) is 3.10. The molecule has 1 aliphatic heterocycles. The smallest absolute Gasteiger partial charge is 0.270 e. The second kappa shape index (κ2) is 8.80. The van der Waals surface area contributed by atoms with Crippen molar-refractivity contribution in [2.24, 2.45) is 0 Å². The molecule has 1 N–H and O–H groups in total. The molecule has 150 valence electrons. The number of ketones is 1. The number of aromatic hydroxyl groups is 1. The quantitative estimate of drug-likeness (QED) is 0.381. The zero-order valence-corrected chi connectivity index (χ0v) is 17.9. The number of ether oxygens (including phenoxy) is 1. The van der Waals surface area contributed by atoms with E-state index < -0.39 is 0 Å². The second-order valence-electron chi connectivity index (χ2n) is 6.63. The standard InChI is InChI=1S/C22H21NO4S2/c1-4-6-18-19(10-9-17(13(2)24)20(18)25)27-12-15-7-5-8-16(11-15)23-21(26)14(3)29-22(23)28/h5,7-11,25H,3-4,6,12H2,1-2H3. The molecule has 1 heterocycles. The molecule has 0 aromatic heterocycles. The average Bonchev–Trinajstić information content (AvgIpc) is 2.94. The van der Waals surface area contributed by atoms with Gasteiger partial charge in [0.25, 0.3) is 5.91 Å². The third-order valence-corrected chi connectivity index (χ3v) is 5.73. The predicted molar refractivity (Wildman–Crippen MR) is 120 cm³/mol. The van der Waals surface area contributed by atoms with Gasteiger partial charge < -0.3 is 9.84 Å². The van der Waals surface area contributed by atoms with Crippen LogP contribution in [0, 0.1) is 0 Å². The van der Waals surface area contributed by atoms with Crippen LogP contribution >= 0.6 is 24.0 Å². The van der Waals surface area contributed by atoms with Gasteiger partial charge in [0.1, 0.15) is 18.1 Å². The maximum atomic E-state index is 12.3. The van der Waals surface area contributed by atoms with Crippen LogP contribution < -0.4 is 9.64 Å². The van der Waals surface area contributed by atoms with Crippen molar-refractivity contribution in [2.75, 3.05) is 4.90 Å². The van der Waals surface area contributed by atoms with Crippen LogP contribution in [0.2, 0.25) is 0 Å². The first-order chi connectivity index (χ1) is 13.8. The summed E-state index contributed by atoms with van der Waals surface area (Å²) in [6.07, 6.45) is 1.40. The fraction of sp³-hybridized carbons (Fsp3) is 0.227. The summed E-state index contributed by atoms with van der Waals surface area (Å²) < 4.78 is 6.41. The van der Waals surface area contributed by atoms with Crippen molar-refractivity contribution in [3.05, 3.63) is 64.6 Å². The van der Waals surface area contributed by atoms with Crippen LogP contribution in [0.3, 0.4) is 0 Å². The number of benzene rings is 2. The summed E-state index contributed by atoms with van der Waals surface area (Å²) in [6.45, 7) is 7.39. The number of phenolic OH excluding ortho intramolecular Hbond substituents is 1. The summed E-state index contributed by atoms with van der Waals surface area (Å²) in [5.41, 5.74) is 2.43. The maximum Gasteiger partial charge on any atom is 0.270 e. The molecule has 0 radical (unpaired) electrons. The monoisotopic (exact) mass is 427 g/mol. The van der Waals surface area contributed by atoms with Gasteiger partial charge in [0.2, 0.25) is 0 Å². The van der Waals surface area contributed by atoms with Crippen LogP contribution in [0.25, 0.3) is 0 Å². The number of nitrogens with zero attached hydrogens (tertiary/aromatic N) is 1. The number of rotatable bonds is 7. The highest BCUT2D eigenvalue weighted by molar-refractivity contribution is 8.27. The Hall–Kier alpha value is -2.64. The van der Waals surface area contributed by atoms with Gasteiger partial charge in [-0.3, -0.25) is 14.5 Å². The summed E-state index contributed by atoms with van der Waals surface area (Å²) in [6, 6.07) is 10.7. The Morgan fingerprint density at radius 1 is 1.31 bits per heavy atom. The van der Waals surface area contributed by atoms with E-state index in [1.54, 1.807) is 12.1 Å². The van der Waals surface area contributed by atoms with Crippen molar-refractivity contribution >= 4 is 45.7 Å². The van der Waals surface area contributed by atoms with E-state index >= 15 is 0 Å². The van der Waals surface area contributed by atoms with Gasteiger partial charge in [-0.25, -0.2) is 0 Å². The predicted octanol–water partition coefficient (Wildman–Crippen LogP) is 5.00. The highest BCUT2D eigenvalue weighted by Crippen LogP contribution is 2.35. The molecule has 2 aromatic rings. The minimum Gasteiger partial charge on any atom is -0.507 e. The molecular formula is C22H21NO4S2. The number of amides is 1. The van der Waals surface area contributed by atoms with Gasteiger partial charge >= 0.3 is 0 Å². The Bertz CT molecular complexity index is 1020. The number of hydrogen-bond acceptors (Lipinski definition) is 6. The minimum atomic E-state index is -0.215. The molecule has 2 aromatic carbocycles. The summed E-state index contributed by atoms with van der Waals surface area (Å²) in [5.74, 6) is 0.114. The minimum absolute atomic E-state index is 0.0193. The van der Waals surface area contributed by atoms with Crippen molar-refractivity contribution in [3.8, 4) is 11.5 Å². The summed E-state index contributed by atoms with van der Waals surface area (Å²) in [5, 5.41) is 10.5. The highest BCUT2D eigenvalue weighted by Gasteiger charge is 2.31. The molecule has 0 aliphatic carbocycles. The lowest BCUT2D eigenvalue weighted by atomic mass is 10.0. The Labute approximate surface area is 179 Å². The first-order valence-electron chi connectivity index (χ1n) is 9.16. The van der Waals surface area contributed by atoms with Crippen molar-refractivity contribution in [1.29, 1.82) is 0 Å². The maximum absolute atomic E-state index is 12.3. The molecule has 0 bridgehead atoms. The number of phenols is 1. The van der Waals surface area contributed by atoms with E-state index in [1.807, 2.05) is 31.2 Å². The normalized spacial score (nSPS) is 13.9. The fourth-order valence-corrected chi connectivity index (χ4v) is 4.26. The van der Waals surface area contributed by atoms with Crippen LogP contribution in [0.4, 0.5) is 5.69 Å². The zero-order valence-electron chi connectivity index (χ0n) is 16.2. The highest BCUT2D eigenvalue weighted by atomic mass is 32.2. The van der Waals surface area contributed by atoms with Gasteiger partial charge in [-0.05, 0) is 43.2 Å². The third-order valence-electron chi connectivity index (χ3n) is 4.52. The van der Waals surface area contributed by atoms with Crippen molar-refractivity contribution in [2.45, 2.75) is 33.3 Å². The van der Waals surface area contributed by atoms with Gasteiger partial charge in [0.05, 0.1) is 16.2 Å². The van der Waals surface area contributed by atoms with E-state index in [9.17, 15) is 14.7 Å². The van der Waals surface area contributed by atoms with Gasteiger partial charge in [-0.2, -0.15) is 0 Å². The number of carbonyl (C=O) groups excluding carboxylic acids is 2. The largest absolute Gasteiger partial charge is 0.507 e. The molecule has 0 atom stereocenters. The Morgan fingerprint density at radius 2 is 2.07 bits per heavy atom. The second-order valence-corrected chi connectivity index (χ2v) is 8.36. The SMILES string of the molecule is C=C1SC(=S)N(c2cccc(COc3ccc(C(C)=O)c(O)c3CCC)c2)C1=O. The number of anilines is 1. The first-order valence-corrected chi connectivity index (χ1v) is 10.4. The molecule has 29 heavy (non-hydrogen) atoms. The lowest BCUT2D eigenvalue weighted by Gasteiger charge is -2.17. The molecule has 7 heteroatoms. The summed E-state index contributed by atoms with van der Waals surface area (Å²) >= 11 is 6.46. The molecule has 0 saturated carbocycles. The van der Waals surface area contributed by atoms with Gasteiger partial charge in [0, 0.05) is 5.56 Å². The molecule has 0 unspecified atom stereocenters. The van der Waals surface area contributed by atoms with E-state index in [2.05, 4.69) is 6.58 Å². The number of hydrogen-bond donors (Lipinski definition) is 1. The van der Waals surface area contributed by atoms with Crippen LogP contribution in [0.15, 0.2) is 47.9 Å². The van der Waals surface area contributed by atoms with E-state index in [-0.39, 0.29) is 24.0 Å². The van der Waals surface area contributed by atoms with Gasteiger partial charge in [0.15, 0.2) is 10.1 Å². The Balaban J connectivity index is 1.83. The number of carbonyl (C=O) groups is 2.